The molecular formula is C23H28OSi. The predicted molar refractivity (Wildman–Crippen MR) is 109 cm³/mol. The van der Waals surface area contributed by atoms with Crippen molar-refractivity contribution in [3.05, 3.63) is 60.7 Å². The van der Waals surface area contributed by atoms with Gasteiger partial charge in [0.15, 0.2) is 0 Å². The summed E-state index contributed by atoms with van der Waals surface area (Å²) in [6, 6.07) is 21.6. The Morgan fingerprint density at radius 1 is 0.960 bits per heavy atom. The molecule has 1 nitrogen and oxygen atoms in total. The lowest BCUT2D eigenvalue weighted by molar-refractivity contribution is 0.110. The fourth-order valence-corrected chi connectivity index (χ4v) is 8.59. The van der Waals surface area contributed by atoms with Gasteiger partial charge in [-0.1, -0.05) is 93.8 Å². The molecule has 0 heterocycles. The first-order valence-electron chi connectivity index (χ1n) is 9.16. The predicted octanol–water partition coefficient (Wildman–Crippen LogP) is 4.37. The normalized spacial score (nSPS) is 16.7. The lowest BCUT2D eigenvalue weighted by atomic mass is 9.70. The van der Waals surface area contributed by atoms with Crippen LogP contribution in [0.5, 0.6) is 0 Å². The molecule has 0 saturated heterocycles. The van der Waals surface area contributed by atoms with Crippen molar-refractivity contribution in [2.24, 2.45) is 5.41 Å². The molecule has 1 saturated carbocycles. The summed E-state index contributed by atoms with van der Waals surface area (Å²) in [6.45, 7) is 7.59. The first-order chi connectivity index (χ1) is 11.9. The average Bonchev–Trinajstić information content (AvgIpc) is 2.58. The number of hydrogen-bond donors (Lipinski definition) is 0. The lowest BCUT2D eigenvalue weighted by Crippen LogP contribution is -2.67. The van der Waals surface area contributed by atoms with Gasteiger partial charge < -0.3 is 4.43 Å². The van der Waals surface area contributed by atoms with Crippen molar-refractivity contribution >= 4 is 18.7 Å². The third-order valence-corrected chi connectivity index (χ3v) is 10.6. The highest BCUT2D eigenvalue weighted by atomic mass is 28.4. The molecule has 0 spiro atoms. The fourth-order valence-electron chi connectivity index (χ4n) is 3.94. The van der Waals surface area contributed by atoms with Crippen molar-refractivity contribution in [1.82, 2.24) is 0 Å². The quantitative estimate of drug-likeness (QED) is 0.576. The molecule has 0 bridgehead atoms. The zero-order valence-corrected chi connectivity index (χ0v) is 16.6. The van der Waals surface area contributed by atoms with E-state index >= 15 is 0 Å². The van der Waals surface area contributed by atoms with Gasteiger partial charge in [0.25, 0.3) is 8.32 Å². The Balaban J connectivity index is 2.11. The van der Waals surface area contributed by atoms with Crippen LogP contribution in [0.4, 0.5) is 0 Å². The second-order valence-electron chi connectivity index (χ2n) is 8.23. The third kappa shape index (κ3) is 3.19. The summed E-state index contributed by atoms with van der Waals surface area (Å²) in [7, 11) is -2.45. The van der Waals surface area contributed by atoms with Crippen LogP contribution in [0.25, 0.3) is 0 Å². The van der Waals surface area contributed by atoms with Gasteiger partial charge in [-0.05, 0) is 28.3 Å². The maximum atomic E-state index is 6.96. The molecule has 25 heavy (non-hydrogen) atoms. The van der Waals surface area contributed by atoms with Crippen LogP contribution in [0.2, 0.25) is 5.04 Å². The molecule has 2 aromatic carbocycles. The van der Waals surface area contributed by atoms with Gasteiger partial charge in [-0.3, -0.25) is 0 Å². The minimum absolute atomic E-state index is 0.00917. The Morgan fingerprint density at radius 2 is 1.44 bits per heavy atom. The van der Waals surface area contributed by atoms with E-state index in [0.717, 1.165) is 12.8 Å². The second-order valence-corrected chi connectivity index (χ2v) is 12.5. The molecule has 0 aliphatic heterocycles. The van der Waals surface area contributed by atoms with Gasteiger partial charge in [0.2, 0.25) is 0 Å². The van der Waals surface area contributed by atoms with Gasteiger partial charge in [0.05, 0.1) is 12.0 Å². The first-order valence-corrected chi connectivity index (χ1v) is 11.1. The molecule has 1 aliphatic carbocycles. The SMILES string of the molecule is C#CC1(CO[Si](c2ccccc2)(c2ccccc2)C(C)(C)C)CCC1. The average molecular weight is 349 g/mol. The Morgan fingerprint density at radius 3 is 1.76 bits per heavy atom. The van der Waals surface area contributed by atoms with Gasteiger partial charge in [0.1, 0.15) is 0 Å². The van der Waals surface area contributed by atoms with E-state index in [1.807, 2.05) is 0 Å². The van der Waals surface area contributed by atoms with Gasteiger partial charge in [0, 0.05) is 0 Å². The van der Waals surface area contributed by atoms with E-state index in [1.165, 1.54) is 16.8 Å². The maximum absolute atomic E-state index is 6.96. The standard InChI is InChI=1S/C23H28OSi/c1-5-23(17-12-18-23)19-24-25(22(2,3)4,20-13-8-6-9-14-20)21-15-10-7-11-16-21/h1,6-11,13-16H,12,17-19H2,2-4H3. The van der Waals surface area contributed by atoms with Crippen LogP contribution >= 0.6 is 0 Å². The van der Waals surface area contributed by atoms with Crippen molar-refractivity contribution in [3.63, 3.8) is 0 Å². The molecule has 2 heteroatoms. The largest absolute Gasteiger partial charge is 0.406 e. The van der Waals surface area contributed by atoms with Crippen molar-refractivity contribution < 1.29 is 4.43 Å². The Bertz CT molecular complexity index is 694. The van der Waals surface area contributed by atoms with E-state index in [4.69, 9.17) is 10.8 Å². The second kappa shape index (κ2) is 6.82. The summed E-state index contributed by atoms with van der Waals surface area (Å²) in [4.78, 5) is 0. The Hall–Kier alpha value is -1.82. The molecule has 1 fully saturated rings. The summed E-state index contributed by atoms with van der Waals surface area (Å²) in [5.74, 6) is 3.04. The summed E-state index contributed by atoms with van der Waals surface area (Å²) >= 11 is 0. The summed E-state index contributed by atoms with van der Waals surface area (Å²) in [6.07, 6.45) is 9.26. The minimum atomic E-state index is -2.45. The van der Waals surface area contributed by atoms with Gasteiger partial charge >= 0.3 is 0 Å². The number of terminal acetylenes is 1. The zero-order chi connectivity index (χ0) is 18.0. The monoisotopic (exact) mass is 348 g/mol. The van der Waals surface area contributed by atoms with E-state index in [0.29, 0.717) is 6.61 Å². The molecular weight excluding hydrogens is 320 g/mol. The maximum Gasteiger partial charge on any atom is 0.261 e. The molecule has 130 valence electrons. The van der Waals surface area contributed by atoms with E-state index in [-0.39, 0.29) is 10.5 Å². The van der Waals surface area contributed by atoms with Crippen LogP contribution in [0, 0.1) is 17.8 Å². The van der Waals surface area contributed by atoms with E-state index in [2.05, 4.69) is 87.4 Å². The van der Waals surface area contributed by atoms with Crippen molar-refractivity contribution in [2.45, 2.75) is 45.1 Å². The molecule has 0 unspecified atom stereocenters. The molecule has 0 N–H and O–H groups in total. The molecule has 0 amide bonds. The highest BCUT2D eigenvalue weighted by molar-refractivity contribution is 6.99. The van der Waals surface area contributed by atoms with Crippen LogP contribution in [-0.4, -0.2) is 14.9 Å². The summed E-state index contributed by atoms with van der Waals surface area (Å²) < 4.78 is 6.96. The van der Waals surface area contributed by atoms with Crippen molar-refractivity contribution in [2.75, 3.05) is 6.61 Å². The Labute approximate surface area is 153 Å². The number of hydrogen-bond acceptors (Lipinski definition) is 1. The zero-order valence-electron chi connectivity index (χ0n) is 15.6. The minimum Gasteiger partial charge on any atom is -0.406 e. The van der Waals surface area contributed by atoms with Gasteiger partial charge in [-0.25, -0.2) is 0 Å². The molecule has 0 atom stereocenters. The van der Waals surface area contributed by atoms with E-state index < -0.39 is 8.32 Å². The highest BCUT2D eigenvalue weighted by Crippen LogP contribution is 2.43. The van der Waals surface area contributed by atoms with E-state index in [1.54, 1.807) is 0 Å². The van der Waals surface area contributed by atoms with Crippen LogP contribution in [0.3, 0.4) is 0 Å². The van der Waals surface area contributed by atoms with Crippen LogP contribution in [-0.2, 0) is 4.43 Å². The molecule has 3 rings (SSSR count). The first kappa shape index (κ1) is 18.0. The number of rotatable bonds is 5. The van der Waals surface area contributed by atoms with Gasteiger partial charge in [-0.2, -0.15) is 0 Å². The number of benzene rings is 2. The van der Waals surface area contributed by atoms with Crippen molar-refractivity contribution in [3.8, 4) is 12.3 Å². The molecule has 2 aromatic rings. The summed E-state index contributed by atoms with van der Waals surface area (Å²) in [5.41, 5.74) is -0.0624. The van der Waals surface area contributed by atoms with Crippen molar-refractivity contribution in [1.29, 1.82) is 0 Å². The van der Waals surface area contributed by atoms with Crippen LogP contribution < -0.4 is 10.4 Å². The highest BCUT2D eigenvalue weighted by Gasteiger charge is 2.51. The fraction of sp³-hybridized carbons (Fsp3) is 0.391. The molecule has 0 aromatic heterocycles. The lowest BCUT2D eigenvalue weighted by Gasteiger charge is -2.46. The van der Waals surface area contributed by atoms with Crippen LogP contribution in [0.15, 0.2) is 60.7 Å². The topological polar surface area (TPSA) is 9.23 Å². The van der Waals surface area contributed by atoms with E-state index in [9.17, 15) is 0 Å². The van der Waals surface area contributed by atoms with Gasteiger partial charge in [-0.15, -0.1) is 6.42 Å². The summed E-state index contributed by atoms with van der Waals surface area (Å²) in [5, 5.41) is 2.65. The Kier molecular flexibility index (Phi) is 4.91. The van der Waals surface area contributed by atoms with Crippen LogP contribution in [0.1, 0.15) is 40.0 Å². The smallest absolute Gasteiger partial charge is 0.261 e. The molecule has 1 aliphatic rings. The molecule has 0 radical (unpaired) electrons. The third-order valence-electron chi connectivity index (χ3n) is 5.60.